The number of hydrogen-bond donors (Lipinski definition) is 2. The molecule has 1 amide bonds. The van der Waals surface area contributed by atoms with Crippen LogP contribution in [0.25, 0.3) is 0 Å². The van der Waals surface area contributed by atoms with E-state index in [1.165, 1.54) is 22.9 Å². The zero-order valence-electron chi connectivity index (χ0n) is 19.2. The van der Waals surface area contributed by atoms with E-state index in [-0.39, 0.29) is 24.0 Å². The molecule has 0 bridgehead atoms. The number of aromatic hydroxyl groups is 1. The Bertz CT molecular complexity index is 1290. The number of carbonyl (C=O) groups is 2. The maximum absolute atomic E-state index is 13.5. The molecule has 7 nitrogen and oxygen atoms in total. The largest absolute Gasteiger partial charge is 0.507 e. The molecule has 182 valence electrons. The molecule has 2 atom stereocenters. The fraction of sp³-hybridized carbons (Fsp3) is 0.179. The summed E-state index contributed by atoms with van der Waals surface area (Å²) < 4.78 is 5.99. The van der Waals surface area contributed by atoms with Crippen LogP contribution in [-0.4, -0.2) is 57.0 Å². The number of rotatable bonds is 7. The van der Waals surface area contributed by atoms with Crippen molar-refractivity contribution in [3.8, 4) is 5.75 Å². The third-order valence-corrected chi connectivity index (χ3v) is 7.47. The minimum atomic E-state index is -0.698. The third-order valence-electron chi connectivity index (χ3n) is 6.14. The molecule has 2 heterocycles. The van der Waals surface area contributed by atoms with Gasteiger partial charge in [-0.1, -0.05) is 72.8 Å². The molecule has 3 aromatic carbocycles. The van der Waals surface area contributed by atoms with Crippen LogP contribution in [0.1, 0.15) is 22.8 Å². The van der Waals surface area contributed by atoms with Crippen molar-refractivity contribution in [1.82, 2.24) is 4.90 Å². The predicted molar refractivity (Wildman–Crippen MR) is 138 cm³/mol. The molecule has 0 spiro atoms. The van der Waals surface area contributed by atoms with Gasteiger partial charge in [-0.05, 0) is 28.8 Å². The molecule has 1 fully saturated rings. The van der Waals surface area contributed by atoms with E-state index in [1.807, 2.05) is 60.7 Å². The van der Waals surface area contributed by atoms with Crippen LogP contribution in [0, 0.1) is 0 Å². The fourth-order valence-corrected chi connectivity index (χ4v) is 5.61. The van der Waals surface area contributed by atoms with Crippen LogP contribution in [0.4, 0.5) is 0 Å². The molecule has 0 unspecified atom stereocenters. The zero-order chi connectivity index (χ0) is 25.1. The molecule has 2 N–H and O–H groups in total. The van der Waals surface area contributed by atoms with Crippen LogP contribution >= 0.6 is 11.8 Å². The van der Waals surface area contributed by atoms with Crippen LogP contribution in [0.2, 0.25) is 0 Å². The van der Waals surface area contributed by atoms with E-state index in [2.05, 4.69) is 4.99 Å². The maximum Gasteiger partial charge on any atom is 0.356 e. The van der Waals surface area contributed by atoms with Gasteiger partial charge in [-0.3, -0.25) is 14.7 Å². The van der Waals surface area contributed by atoms with E-state index < -0.39 is 23.5 Å². The molecular formula is C28H24N2O5S. The molecule has 36 heavy (non-hydrogen) atoms. The number of aliphatic imine (C=N–C) groups is 1. The zero-order valence-corrected chi connectivity index (χ0v) is 20.0. The highest BCUT2D eigenvalue weighted by molar-refractivity contribution is 8.00. The SMILES string of the molecule is O=C(OC(c1ccccc1)c1ccccc1)C1=C(CO)CS[C@@H]2[C@H](/N=C/c3ccccc3O)C(=O)N12. The van der Waals surface area contributed by atoms with Crippen molar-refractivity contribution in [3.05, 3.63) is 113 Å². The highest BCUT2D eigenvalue weighted by Crippen LogP contribution is 2.42. The van der Waals surface area contributed by atoms with Gasteiger partial charge in [0, 0.05) is 17.5 Å². The molecular weight excluding hydrogens is 476 g/mol. The summed E-state index contributed by atoms with van der Waals surface area (Å²) in [7, 11) is 0. The number of ether oxygens (including phenoxy) is 1. The number of aliphatic hydroxyl groups is 1. The Morgan fingerprint density at radius 3 is 2.25 bits per heavy atom. The van der Waals surface area contributed by atoms with Crippen molar-refractivity contribution < 1.29 is 24.5 Å². The smallest absolute Gasteiger partial charge is 0.356 e. The summed E-state index contributed by atoms with van der Waals surface area (Å²) in [5.74, 6) is -0.577. The van der Waals surface area contributed by atoms with Gasteiger partial charge in [0.2, 0.25) is 0 Å². The Labute approximate surface area is 212 Å². The average Bonchev–Trinajstić information content (AvgIpc) is 2.92. The van der Waals surface area contributed by atoms with E-state index in [0.29, 0.717) is 16.9 Å². The molecule has 8 heteroatoms. The van der Waals surface area contributed by atoms with Gasteiger partial charge in [0.05, 0.1) is 6.61 Å². The van der Waals surface area contributed by atoms with E-state index in [1.54, 1.807) is 24.3 Å². The molecule has 5 rings (SSSR count). The van der Waals surface area contributed by atoms with Crippen LogP contribution in [0.5, 0.6) is 5.75 Å². The minimum absolute atomic E-state index is 0.0702. The second kappa shape index (κ2) is 10.4. The summed E-state index contributed by atoms with van der Waals surface area (Å²) in [5, 5.41) is 19.5. The molecule has 3 aromatic rings. The normalized spacial score (nSPS) is 19.4. The highest BCUT2D eigenvalue weighted by atomic mass is 32.2. The number of para-hydroxylation sites is 1. The Hall–Kier alpha value is -3.88. The number of phenolic OH excluding ortho intramolecular Hbond substituents is 1. The van der Waals surface area contributed by atoms with E-state index in [9.17, 15) is 19.8 Å². The van der Waals surface area contributed by atoms with Gasteiger partial charge in [-0.25, -0.2) is 4.79 Å². The summed E-state index contributed by atoms with van der Waals surface area (Å²) in [4.78, 5) is 32.4. The van der Waals surface area contributed by atoms with Crippen molar-refractivity contribution in [2.24, 2.45) is 4.99 Å². The first kappa shape index (κ1) is 23.8. The Kier molecular flexibility index (Phi) is 6.88. The number of benzene rings is 3. The second-order valence-electron chi connectivity index (χ2n) is 8.41. The Morgan fingerprint density at radius 2 is 1.64 bits per heavy atom. The fourth-order valence-electron chi connectivity index (χ4n) is 4.28. The number of hydrogen-bond acceptors (Lipinski definition) is 7. The first-order chi connectivity index (χ1) is 17.6. The lowest BCUT2D eigenvalue weighted by molar-refractivity contribution is -0.153. The molecule has 0 aromatic heterocycles. The molecule has 0 radical (unpaired) electrons. The van der Waals surface area contributed by atoms with Crippen molar-refractivity contribution in [2.45, 2.75) is 17.5 Å². The second-order valence-corrected chi connectivity index (χ2v) is 9.51. The molecule has 0 aliphatic carbocycles. The van der Waals surface area contributed by atoms with Gasteiger partial charge in [0.1, 0.15) is 16.8 Å². The Balaban J connectivity index is 1.41. The number of β-lactam (4-membered cyclic amide) rings is 1. The van der Waals surface area contributed by atoms with Crippen molar-refractivity contribution in [1.29, 1.82) is 0 Å². The number of phenols is 1. The first-order valence-corrected chi connectivity index (χ1v) is 12.5. The van der Waals surface area contributed by atoms with E-state index in [0.717, 1.165) is 11.1 Å². The number of nitrogens with zero attached hydrogens (tertiary/aromatic N) is 2. The Morgan fingerprint density at radius 1 is 1.03 bits per heavy atom. The summed E-state index contributed by atoms with van der Waals surface area (Å²) in [6.45, 7) is -0.360. The van der Waals surface area contributed by atoms with Gasteiger partial charge >= 0.3 is 5.97 Å². The summed E-state index contributed by atoms with van der Waals surface area (Å²) in [5.41, 5.74) is 2.62. The predicted octanol–water partition coefficient (Wildman–Crippen LogP) is 3.67. The van der Waals surface area contributed by atoms with Gasteiger partial charge in [0.25, 0.3) is 5.91 Å². The van der Waals surface area contributed by atoms with Crippen molar-refractivity contribution >= 4 is 29.9 Å². The highest BCUT2D eigenvalue weighted by Gasteiger charge is 2.54. The summed E-state index contributed by atoms with van der Waals surface area (Å²) in [6, 6.07) is 24.8. The average molecular weight is 501 g/mol. The maximum atomic E-state index is 13.5. The van der Waals surface area contributed by atoms with Crippen LogP contribution in [0.15, 0.2) is 101 Å². The standard InChI is InChI=1S/C28H24N2O5S/c31-16-21-17-36-27-23(29-15-20-13-7-8-14-22(20)32)26(33)30(27)24(21)28(34)35-25(18-9-3-1-4-10-18)19-11-5-2-6-12-19/h1-15,23,25,27,31-32H,16-17H2/b29-15+/t23-,27-/m1/s1. The van der Waals surface area contributed by atoms with E-state index in [4.69, 9.17) is 4.74 Å². The number of aliphatic hydroxyl groups excluding tert-OH is 1. The van der Waals surface area contributed by atoms with Crippen LogP contribution in [-0.2, 0) is 14.3 Å². The number of fused-ring (bicyclic) bond motifs is 1. The van der Waals surface area contributed by atoms with Gasteiger partial charge in [-0.15, -0.1) is 11.8 Å². The topological polar surface area (TPSA) is 99.4 Å². The number of thioether (sulfide) groups is 1. The van der Waals surface area contributed by atoms with Crippen molar-refractivity contribution in [3.63, 3.8) is 0 Å². The van der Waals surface area contributed by atoms with Crippen LogP contribution < -0.4 is 0 Å². The molecule has 2 aliphatic rings. The lowest BCUT2D eigenvalue weighted by atomic mass is 10.0. The minimum Gasteiger partial charge on any atom is -0.507 e. The molecule has 0 saturated carbocycles. The van der Waals surface area contributed by atoms with Gasteiger partial charge < -0.3 is 14.9 Å². The molecule has 1 saturated heterocycles. The summed E-state index contributed by atoms with van der Waals surface area (Å²) >= 11 is 1.43. The third kappa shape index (κ3) is 4.53. The number of esters is 1. The monoisotopic (exact) mass is 500 g/mol. The number of carbonyl (C=O) groups excluding carboxylic acids is 2. The van der Waals surface area contributed by atoms with Gasteiger partial charge in [-0.2, -0.15) is 0 Å². The van der Waals surface area contributed by atoms with Crippen LogP contribution in [0.3, 0.4) is 0 Å². The van der Waals surface area contributed by atoms with E-state index >= 15 is 0 Å². The summed E-state index contributed by atoms with van der Waals surface area (Å²) in [6.07, 6.45) is 0.798. The number of amides is 1. The lowest BCUT2D eigenvalue weighted by Crippen LogP contribution is -2.64. The van der Waals surface area contributed by atoms with Crippen molar-refractivity contribution in [2.75, 3.05) is 12.4 Å². The van der Waals surface area contributed by atoms with Gasteiger partial charge in [0.15, 0.2) is 12.1 Å². The molecule has 2 aliphatic heterocycles. The quantitative estimate of drug-likeness (QED) is 0.292. The first-order valence-electron chi connectivity index (χ1n) is 11.5. The lowest BCUT2D eigenvalue weighted by Gasteiger charge is -2.48.